The van der Waals surface area contributed by atoms with Gasteiger partial charge in [0, 0.05) is 24.3 Å². The van der Waals surface area contributed by atoms with Crippen molar-refractivity contribution < 1.29 is 5.11 Å². The first-order valence-corrected chi connectivity index (χ1v) is 6.31. The van der Waals surface area contributed by atoms with Crippen molar-refractivity contribution >= 4 is 22.9 Å². The first-order valence-electron chi connectivity index (χ1n) is 5.91. The van der Waals surface area contributed by atoms with E-state index in [0.29, 0.717) is 10.9 Å². The van der Waals surface area contributed by atoms with E-state index in [1.54, 1.807) is 0 Å². The minimum Gasteiger partial charge on any atom is -0.393 e. The fourth-order valence-corrected chi connectivity index (χ4v) is 2.34. The molecule has 3 N–H and O–H groups in total. The van der Waals surface area contributed by atoms with Gasteiger partial charge in [-0.25, -0.2) is 0 Å². The minimum atomic E-state index is -0.165. The van der Waals surface area contributed by atoms with Crippen molar-refractivity contribution in [2.45, 2.75) is 19.4 Å². The molecule has 92 valence electrons. The SMILES string of the molecule is CC1CN(c2ccc(C(N)=S)cc2)CCC1O. The van der Waals surface area contributed by atoms with Crippen LogP contribution in [0.4, 0.5) is 5.69 Å². The number of aliphatic hydroxyl groups excluding tert-OH is 1. The van der Waals surface area contributed by atoms with Crippen LogP contribution in [0.1, 0.15) is 18.9 Å². The maximum absolute atomic E-state index is 9.70. The molecule has 3 nitrogen and oxygen atoms in total. The molecule has 2 atom stereocenters. The van der Waals surface area contributed by atoms with Gasteiger partial charge < -0.3 is 15.7 Å². The number of anilines is 1. The van der Waals surface area contributed by atoms with Gasteiger partial charge >= 0.3 is 0 Å². The van der Waals surface area contributed by atoms with E-state index in [-0.39, 0.29) is 6.10 Å². The lowest BCUT2D eigenvalue weighted by Crippen LogP contribution is -2.41. The second kappa shape index (κ2) is 5.02. The Morgan fingerprint density at radius 3 is 2.59 bits per heavy atom. The van der Waals surface area contributed by atoms with Gasteiger partial charge in [-0.05, 0) is 36.6 Å². The molecule has 17 heavy (non-hydrogen) atoms. The molecule has 0 spiro atoms. The van der Waals surface area contributed by atoms with Gasteiger partial charge in [-0.15, -0.1) is 0 Å². The Labute approximate surface area is 107 Å². The minimum absolute atomic E-state index is 0.165. The van der Waals surface area contributed by atoms with Gasteiger partial charge in [-0.1, -0.05) is 19.1 Å². The summed E-state index contributed by atoms with van der Waals surface area (Å²) >= 11 is 4.93. The lowest BCUT2D eigenvalue weighted by atomic mass is 9.96. The van der Waals surface area contributed by atoms with Crippen molar-refractivity contribution in [3.63, 3.8) is 0 Å². The third-order valence-corrected chi connectivity index (χ3v) is 3.61. The van der Waals surface area contributed by atoms with E-state index in [1.165, 1.54) is 5.69 Å². The topological polar surface area (TPSA) is 49.5 Å². The highest BCUT2D eigenvalue weighted by molar-refractivity contribution is 7.80. The second-order valence-electron chi connectivity index (χ2n) is 4.69. The lowest BCUT2D eigenvalue weighted by molar-refractivity contribution is 0.0971. The molecule has 2 unspecified atom stereocenters. The van der Waals surface area contributed by atoms with Crippen LogP contribution in [0.25, 0.3) is 0 Å². The van der Waals surface area contributed by atoms with E-state index >= 15 is 0 Å². The van der Waals surface area contributed by atoms with Gasteiger partial charge in [0.25, 0.3) is 0 Å². The lowest BCUT2D eigenvalue weighted by Gasteiger charge is -2.36. The molecule has 2 rings (SSSR count). The summed E-state index contributed by atoms with van der Waals surface area (Å²) in [5, 5.41) is 9.70. The molecule has 1 aromatic carbocycles. The summed E-state index contributed by atoms with van der Waals surface area (Å²) in [6.07, 6.45) is 0.667. The van der Waals surface area contributed by atoms with Crippen LogP contribution in [0.15, 0.2) is 24.3 Å². The summed E-state index contributed by atoms with van der Waals surface area (Å²) in [6.45, 7) is 3.88. The fourth-order valence-electron chi connectivity index (χ4n) is 2.20. The van der Waals surface area contributed by atoms with Gasteiger partial charge in [0.2, 0.25) is 0 Å². The monoisotopic (exact) mass is 250 g/mol. The first kappa shape index (κ1) is 12.3. The summed E-state index contributed by atoms with van der Waals surface area (Å²) in [5.74, 6) is 0.319. The molecule has 4 heteroatoms. The van der Waals surface area contributed by atoms with Gasteiger partial charge in [0.1, 0.15) is 4.99 Å². The van der Waals surface area contributed by atoms with Crippen LogP contribution < -0.4 is 10.6 Å². The van der Waals surface area contributed by atoms with Crippen LogP contribution in [-0.2, 0) is 0 Å². The van der Waals surface area contributed by atoms with Crippen LogP contribution >= 0.6 is 12.2 Å². The Morgan fingerprint density at radius 2 is 2.06 bits per heavy atom. The van der Waals surface area contributed by atoms with Gasteiger partial charge in [0.15, 0.2) is 0 Å². The van der Waals surface area contributed by atoms with E-state index in [2.05, 4.69) is 11.8 Å². The normalized spacial score (nSPS) is 24.7. The van der Waals surface area contributed by atoms with Crippen LogP contribution in [0.2, 0.25) is 0 Å². The van der Waals surface area contributed by atoms with E-state index < -0.39 is 0 Å². The maximum Gasteiger partial charge on any atom is 0.103 e. The maximum atomic E-state index is 9.70. The highest BCUT2D eigenvalue weighted by Crippen LogP contribution is 2.23. The third kappa shape index (κ3) is 2.76. The number of nitrogens with zero attached hydrogens (tertiary/aromatic N) is 1. The highest BCUT2D eigenvalue weighted by atomic mass is 32.1. The van der Waals surface area contributed by atoms with Crippen LogP contribution in [0.5, 0.6) is 0 Å². The Morgan fingerprint density at radius 1 is 1.41 bits per heavy atom. The molecule has 1 heterocycles. The quantitative estimate of drug-likeness (QED) is 0.782. The number of rotatable bonds is 2. The zero-order valence-corrected chi connectivity index (χ0v) is 10.8. The molecule has 1 saturated heterocycles. The molecule has 1 aromatic rings. The van der Waals surface area contributed by atoms with Crippen molar-refractivity contribution in [1.29, 1.82) is 0 Å². The Kier molecular flexibility index (Phi) is 3.64. The van der Waals surface area contributed by atoms with Crippen molar-refractivity contribution in [2.75, 3.05) is 18.0 Å². The number of benzene rings is 1. The zero-order valence-electron chi connectivity index (χ0n) is 9.97. The van der Waals surface area contributed by atoms with E-state index in [0.717, 1.165) is 25.1 Å². The number of aliphatic hydroxyl groups is 1. The standard InChI is InChI=1S/C13H18N2OS/c1-9-8-15(7-6-12(9)16)11-4-2-10(3-5-11)13(14)17/h2-5,9,12,16H,6-8H2,1H3,(H2,14,17). The van der Waals surface area contributed by atoms with Crippen molar-refractivity contribution in [2.24, 2.45) is 11.7 Å². The van der Waals surface area contributed by atoms with E-state index in [9.17, 15) is 5.11 Å². The smallest absolute Gasteiger partial charge is 0.103 e. The molecule has 0 aromatic heterocycles. The van der Waals surface area contributed by atoms with Crippen LogP contribution in [0, 0.1) is 5.92 Å². The first-order chi connectivity index (χ1) is 8.08. The largest absolute Gasteiger partial charge is 0.393 e. The van der Waals surface area contributed by atoms with Crippen molar-refractivity contribution in [3.05, 3.63) is 29.8 Å². The number of piperidine rings is 1. The average molecular weight is 250 g/mol. The molecule has 0 radical (unpaired) electrons. The zero-order chi connectivity index (χ0) is 12.4. The fraction of sp³-hybridized carbons (Fsp3) is 0.462. The Balaban J connectivity index is 2.10. The average Bonchev–Trinajstić information content (AvgIpc) is 2.33. The number of hydrogen-bond acceptors (Lipinski definition) is 3. The molecule has 0 amide bonds. The van der Waals surface area contributed by atoms with Crippen LogP contribution in [0.3, 0.4) is 0 Å². The molecule has 1 fully saturated rings. The van der Waals surface area contributed by atoms with E-state index in [4.69, 9.17) is 18.0 Å². The summed E-state index contributed by atoms with van der Waals surface area (Å²) in [7, 11) is 0. The number of hydrogen-bond donors (Lipinski definition) is 2. The summed E-state index contributed by atoms with van der Waals surface area (Å²) in [6, 6.07) is 7.98. The van der Waals surface area contributed by atoms with Crippen molar-refractivity contribution in [1.82, 2.24) is 0 Å². The number of nitrogens with two attached hydrogens (primary N) is 1. The summed E-state index contributed by atoms with van der Waals surface area (Å²) in [4.78, 5) is 2.72. The highest BCUT2D eigenvalue weighted by Gasteiger charge is 2.24. The van der Waals surface area contributed by atoms with Crippen LogP contribution in [-0.4, -0.2) is 29.3 Å². The third-order valence-electron chi connectivity index (χ3n) is 3.38. The molecular formula is C13H18N2OS. The molecular weight excluding hydrogens is 232 g/mol. The Hall–Kier alpha value is -1.13. The molecule has 1 aliphatic rings. The molecule has 0 bridgehead atoms. The molecule has 0 saturated carbocycles. The van der Waals surface area contributed by atoms with Crippen molar-refractivity contribution in [3.8, 4) is 0 Å². The molecule has 1 aliphatic heterocycles. The molecule has 0 aliphatic carbocycles. The summed E-state index contributed by atoms with van der Waals surface area (Å²) < 4.78 is 0. The predicted molar refractivity (Wildman–Crippen MR) is 74.3 cm³/mol. The van der Waals surface area contributed by atoms with Gasteiger partial charge in [-0.2, -0.15) is 0 Å². The predicted octanol–water partition coefficient (Wildman–Crippen LogP) is 1.53. The second-order valence-corrected chi connectivity index (χ2v) is 5.13. The van der Waals surface area contributed by atoms with E-state index in [1.807, 2.05) is 24.3 Å². The summed E-state index contributed by atoms with van der Waals surface area (Å²) in [5.41, 5.74) is 7.63. The Bertz CT molecular complexity index is 404. The number of thiocarbonyl (C=S) groups is 1. The van der Waals surface area contributed by atoms with Gasteiger partial charge in [0.05, 0.1) is 6.10 Å². The van der Waals surface area contributed by atoms with Gasteiger partial charge in [-0.3, -0.25) is 0 Å².